The number of amides is 1. The minimum atomic E-state index is -0.858. The van der Waals surface area contributed by atoms with Crippen LogP contribution in [-0.2, 0) is 9.59 Å². The molecule has 0 spiro atoms. The van der Waals surface area contributed by atoms with Gasteiger partial charge in [-0.1, -0.05) is 30.7 Å². The molecule has 1 saturated heterocycles. The number of benzene rings is 2. The maximum absolute atomic E-state index is 13.2. The van der Waals surface area contributed by atoms with Gasteiger partial charge in [0.1, 0.15) is 11.5 Å². The van der Waals surface area contributed by atoms with Crippen molar-refractivity contribution in [2.24, 2.45) is 0 Å². The molecule has 0 saturated carbocycles. The number of ketones is 1. The van der Waals surface area contributed by atoms with Gasteiger partial charge in [0.25, 0.3) is 11.7 Å². The van der Waals surface area contributed by atoms with Crippen molar-refractivity contribution in [2.75, 3.05) is 11.5 Å². The highest BCUT2D eigenvalue weighted by Crippen LogP contribution is 2.43. The molecule has 1 atom stereocenters. The Labute approximate surface area is 203 Å². The molecule has 2 heterocycles. The number of Topliss-reactive ketones (excluding diaryl/α,β-unsaturated/α-hetero) is 1. The van der Waals surface area contributed by atoms with Gasteiger partial charge in [-0.15, -0.1) is 0 Å². The highest BCUT2D eigenvalue weighted by Gasteiger charge is 2.47. The number of aryl methyl sites for hydroxylation is 2. The Bertz CT molecular complexity index is 1290. The van der Waals surface area contributed by atoms with E-state index in [0.717, 1.165) is 17.5 Å². The van der Waals surface area contributed by atoms with E-state index in [0.29, 0.717) is 34.2 Å². The van der Waals surface area contributed by atoms with Gasteiger partial charge in [-0.05, 0) is 73.4 Å². The van der Waals surface area contributed by atoms with Gasteiger partial charge in [-0.2, -0.15) is 0 Å². The highest BCUT2D eigenvalue weighted by molar-refractivity contribution is 6.51. The van der Waals surface area contributed by atoms with Crippen molar-refractivity contribution in [3.05, 3.63) is 93.8 Å². The van der Waals surface area contributed by atoms with E-state index >= 15 is 0 Å². The van der Waals surface area contributed by atoms with Gasteiger partial charge in [0.2, 0.25) is 0 Å². The van der Waals surface area contributed by atoms with Gasteiger partial charge in [-0.25, -0.2) is 0 Å². The van der Waals surface area contributed by atoms with Crippen LogP contribution in [0.5, 0.6) is 5.75 Å². The molecule has 1 fully saturated rings. The number of aromatic nitrogens is 1. The van der Waals surface area contributed by atoms with Crippen LogP contribution in [0.2, 0.25) is 5.02 Å². The number of halogens is 1. The van der Waals surface area contributed by atoms with E-state index in [1.165, 1.54) is 4.90 Å². The van der Waals surface area contributed by atoms with E-state index in [4.69, 9.17) is 16.3 Å². The molecule has 34 heavy (non-hydrogen) atoms. The van der Waals surface area contributed by atoms with Gasteiger partial charge < -0.3 is 9.84 Å². The molecule has 0 aliphatic carbocycles. The number of carbonyl (C=O) groups is 2. The molecule has 0 bridgehead atoms. The number of ether oxygens (including phenoxy) is 1. The second-order valence-electron chi connectivity index (χ2n) is 8.22. The molecule has 1 amide bonds. The maximum atomic E-state index is 13.2. The van der Waals surface area contributed by atoms with E-state index < -0.39 is 17.7 Å². The predicted octanol–water partition coefficient (Wildman–Crippen LogP) is 5.77. The van der Waals surface area contributed by atoms with Gasteiger partial charge in [0, 0.05) is 28.7 Å². The normalized spacial score (nSPS) is 17.3. The molecule has 2 aromatic carbocycles. The van der Waals surface area contributed by atoms with Crippen LogP contribution in [0.4, 0.5) is 5.69 Å². The average molecular weight is 477 g/mol. The number of aliphatic hydroxyl groups excluding tert-OH is 1. The van der Waals surface area contributed by atoms with Crippen LogP contribution >= 0.6 is 11.6 Å². The SMILES string of the molecule is CCCOc1ccc(/C(O)=C2\C(=O)C(=O)N(c3ccc(C)c(Cl)c3)C2c2cccnc2)cc1C. The minimum Gasteiger partial charge on any atom is -0.507 e. The third kappa shape index (κ3) is 4.29. The Kier molecular flexibility index (Phi) is 6.70. The van der Waals surface area contributed by atoms with Crippen molar-refractivity contribution in [3.63, 3.8) is 0 Å². The van der Waals surface area contributed by atoms with Crippen LogP contribution in [-0.4, -0.2) is 28.4 Å². The monoisotopic (exact) mass is 476 g/mol. The first kappa shape index (κ1) is 23.5. The van der Waals surface area contributed by atoms with Crippen LogP contribution in [0.15, 0.2) is 66.5 Å². The zero-order valence-corrected chi connectivity index (χ0v) is 20.0. The predicted molar refractivity (Wildman–Crippen MR) is 132 cm³/mol. The van der Waals surface area contributed by atoms with Crippen molar-refractivity contribution in [1.29, 1.82) is 0 Å². The van der Waals surface area contributed by atoms with Crippen LogP contribution in [0, 0.1) is 13.8 Å². The van der Waals surface area contributed by atoms with Crippen LogP contribution in [0.1, 0.15) is 41.6 Å². The van der Waals surface area contributed by atoms with Crippen LogP contribution in [0.3, 0.4) is 0 Å². The van der Waals surface area contributed by atoms with Crippen LogP contribution in [0.25, 0.3) is 5.76 Å². The summed E-state index contributed by atoms with van der Waals surface area (Å²) in [7, 11) is 0. The summed E-state index contributed by atoms with van der Waals surface area (Å²) in [5, 5.41) is 11.8. The number of carbonyl (C=O) groups excluding carboxylic acids is 2. The van der Waals surface area contributed by atoms with E-state index in [1.807, 2.05) is 20.8 Å². The fourth-order valence-electron chi connectivity index (χ4n) is 4.01. The fourth-order valence-corrected chi connectivity index (χ4v) is 4.18. The summed E-state index contributed by atoms with van der Waals surface area (Å²) in [5.74, 6) is -1.06. The molecule has 174 valence electrons. The summed E-state index contributed by atoms with van der Waals surface area (Å²) in [4.78, 5) is 32.0. The third-order valence-electron chi connectivity index (χ3n) is 5.79. The second kappa shape index (κ2) is 9.69. The summed E-state index contributed by atoms with van der Waals surface area (Å²) < 4.78 is 5.72. The van der Waals surface area contributed by atoms with E-state index in [2.05, 4.69) is 4.98 Å². The van der Waals surface area contributed by atoms with E-state index in [1.54, 1.807) is 60.9 Å². The first-order valence-corrected chi connectivity index (χ1v) is 11.4. The van der Waals surface area contributed by atoms with E-state index in [-0.39, 0.29) is 11.3 Å². The van der Waals surface area contributed by atoms with Crippen molar-refractivity contribution < 1.29 is 19.4 Å². The van der Waals surface area contributed by atoms with Crippen molar-refractivity contribution >= 4 is 34.7 Å². The summed E-state index contributed by atoms with van der Waals surface area (Å²) >= 11 is 6.32. The lowest BCUT2D eigenvalue weighted by Gasteiger charge is -2.25. The zero-order chi connectivity index (χ0) is 24.4. The smallest absolute Gasteiger partial charge is 0.300 e. The molecule has 0 radical (unpaired) electrons. The molecule has 7 heteroatoms. The topological polar surface area (TPSA) is 79.7 Å². The summed E-state index contributed by atoms with van der Waals surface area (Å²) in [6.07, 6.45) is 4.06. The number of nitrogens with zero attached hydrogens (tertiary/aromatic N) is 2. The maximum Gasteiger partial charge on any atom is 0.300 e. The number of hydrogen-bond acceptors (Lipinski definition) is 5. The Morgan fingerprint density at radius 1 is 1.12 bits per heavy atom. The van der Waals surface area contributed by atoms with Gasteiger partial charge in [0.05, 0.1) is 18.2 Å². The Morgan fingerprint density at radius 3 is 2.56 bits per heavy atom. The lowest BCUT2D eigenvalue weighted by Crippen LogP contribution is -2.29. The van der Waals surface area contributed by atoms with Gasteiger partial charge in [-0.3, -0.25) is 19.5 Å². The lowest BCUT2D eigenvalue weighted by atomic mass is 9.95. The number of hydrogen-bond donors (Lipinski definition) is 1. The molecular formula is C27H25ClN2O4. The first-order valence-electron chi connectivity index (χ1n) is 11.0. The summed E-state index contributed by atoms with van der Waals surface area (Å²) in [5.41, 5.74) is 3.15. The highest BCUT2D eigenvalue weighted by atomic mass is 35.5. The summed E-state index contributed by atoms with van der Waals surface area (Å²) in [6.45, 7) is 6.33. The Balaban J connectivity index is 1.87. The molecule has 1 N–H and O–H groups in total. The molecule has 4 rings (SSSR count). The number of rotatable bonds is 6. The van der Waals surface area contributed by atoms with Crippen LogP contribution < -0.4 is 9.64 Å². The third-order valence-corrected chi connectivity index (χ3v) is 6.20. The largest absolute Gasteiger partial charge is 0.507 e. The number of pyridine rings is 1. The molecule has 6 nitrogen and oxygen atoms in total. The minimum absolute atomic E-state index is 0.00340. The Hall–Kier alpha value is -3.64. The summed E-state index contributed by atoms with van der Waals surface area (Å²) in [6, 6.07) is 13.0. The standard InChI is InChI=1S/C27H25ClN2O4/c1-4-12-34-22-10-8-18(13-17(22)3)25(31)23-24(19-6-5-11-29-15-19)30(27(33)26(23)32)20-9-7-16(2)21(28)14-20/h5-11,13-15,24,31H,4,12H2,1-3H3/b25-23+. The quantitative estimate of drug-likeness (QED) is 0.277. The number of anilines is 1. The molecule has 1 aliphatic rings. The number of aliphatic hydroxyl groups is 1. The Morgan fingerprint density at radius 2 is 1.91 bits per heavy atom. The van der Waals surface area contributed by atoms with E-state index in [9.17, 15) is 14.7 Å². The molecule has 3 aromatic rings. The molecule has 1 aromatic heterocycles. The average Bonchev–Trinajstić information content (AvgIpc) is 3.10. The zero-order valence-electron chi connectivity index (χ0n) is 19.2. The molecule has 1 unspecified atom stereocenters. The fraction of sp³-hybridized carbons (Fsp3) is 0.222. The van der Waals surface area contributed by atoms with Crippen molar-refractivity contribution in [3.8, 4) is 5.75 Å². The van der Waals surface area contributed by atoms with Crippen molar-refractivity contribution in [1.82, 2.24) is 4.98 Å². The van der Waals surface area contributed by atoms with Crippen molar-refractivity contribution in [2.45, 2.75) is 33.2 Å². The lowest BCUT2D eigenvalue weighted by molar-refractivity contribution is -0.132. The molecule has 1 aliphatic heterocycles. The molecular weight excluding hydrogens is 452 g/mol. The van der Waals surface area contributed by atoms with Gasteiger partial charge >= 0.3 is 0 Å². The first-order chi connectivity index (χ1) is 16.3. The van der Waals surface area contributed by atoms with Gasteiger partial charge in [0.15, 0.2) is 0 Å². The second-order valence-corrected chi connectivity index (χ2v) is 8.62.